The van der Waals surface area contributed by atoms with Crippen LogP contribution in [0.5, 0.6) is 0 Å². The Morgan fingerprint density at radius 3 is 2.12 bits per heavy atom. The van der Waals surface area contributed by atoms with Gasteiger partial charge >= 0.3 is 6.18 Å². The molecule has 1 atom stereocenters. The van der Waals surface area contributed by atoms with Crippen molar-refractivity contribution < 1.29 is 23.1 Å². The van der Waals surface area contributed by atoms with Gasteiger partial charge in [-0.25, -0.2) is 0 Å². The van der Waals surface area contributed by atoms with Crippen LogP contribution in [0.4, 0.5) is 13.2 Å². The van der Waals surface area contributed by atoms with Crippen molar-refractivity contribution in [1.29, 1.82) is 0 Å². The summed E-state index contributed by atoms with van der Waals surface area (Å²) < 4.78 is 37.2. The minimum Gasteiger partial charge on any atom is -0.389 e. The molecule has 2 nitrogen and oxygen atoms in total. The Bertz CT molecular complexity index is 282. The Morgan fingerprint density at radius 1 is 1.31 bits per heavy atom. The molecule has 0 aliphatic carbocycles. The van der Waals surface area contributed by atoms with Gasteiger partial charge in [0.05, 0.1) is 0 Å². The fraction of sp³-hybridized carbons (Fsp3) is 0.700. The molecule has 1 N–H and O–H groups in total. The molecule has 0 spiro atoms. The van der Waals surface area contributed by atoms with Gasteiger partial charge in [0.25, 0.3) is 0 Å². The van der Waals surface area contributed by atoms with E-state index in [1.165, 1.54) is 6.08 Å². The predicted molar refractivity (Wildman–Crippen MR) is 57.8 cm³/mol. The van der Waals surface area contributed by atoms with Gasteiger partial charge in [-0.3, -0.25) is 4.79 Å². The van der Waals surface area contributed by atoms with Crippen LogP contribution in [-0.2, 0) is 4.79 Å². The number of carbonyl (C=O) groups is 1. The van der Waals surface area contributed by atoms with Crippen LogP contribution in [0.2, 0.25) is 0 Å². The third kappa shape index (κ3) is 4.39. The molecule has 0 heterocycles. The summed E-state index contributed by atoms with van der Waals surface area (Å²) in [6.45, 7) is 3.29. The molecule has 0 saturated carbocycles. The van der Waals surface area contributed by atoms with Gasteiger partial charge in [0.15, 0.2) is 13.6 Å². The van der Waals surface area contributed by atoms with Crippen molar-refractivity contribution in [3.63, 3.8) is 0 Å². The fourth-order valence-corrected chi connectivity index (χ4v) is 1.15. The van der Waals surface area contributed by atoms with Crippen molar-refractivity contribution in [2.75, 3.05) is 0 Å². The number of rotatable bonds is 5. The molecule has 0 radical (unpaired) electrons. The second kappa shape index (κ2) is 5.52. The van der Waals surface area contributed by atoms with E-state index in [2.05, 4.69) is 0 Å². The molecule has 92 valence electrons. The molecular formula is C10H16BF3O2. The molecular weight excluding hydrogens is 220 g/mol. The molecule has 0 aromatic rings. The van der Waals surface area contributed by atoms with Crippen LogP contribution in [0.3, 0.4) is 0 Å². The van der Waals surface area contributed by atoms with Crippen molar-refractivity contribution in [3.05, 3.63) is 11.6 Å². The molecule has 0 rings (SSSR count). The lowest BCUT2D eigenvalue weighted by Crippen LogP contribution is -2.46. The highest BCUT2D eigenvalue weighted by molar-refractivity contribution is 6.15. The van der Waals surface area contributed by atoms with Crippen LogP contribution in [0.1, 0.15) is 33.1 Å². The van der Waals surface area contributed by atoms with Crippen LogP contribution in [0.25, 0.3) is 0 Å². The minimum absolute atomic E-state index is 0.227. The van der Waals surface area contributed by atoms with E-state index in [1.54, 1.807) is 13.8 Å². The number of ketones is 1. The third-order valence-corrected chi connectivity index (χ3v) is 2.35. The summed E-state index contributed by atoms with van der Waals surface area (Å²) in [6, 6.07) is 0. The quantitative estimate of drug-likeness (QED) is 0.581. The molecule has 0 aromatic heterocycles. The van der Waals surface area contributed by atoms with Gasteiger partial charge in [-0.05, 0) is 18.9 Å². The van der Waals surface area contributed by atoms with E-state index in [1.807, 2.05) is 0 Å². The standard InChI is InChI=1S/C10H16BF3O2/c1-3-7(5-8(15)4-2)6-9(11,16)10(12,13)14/h5,16H,3-4,6,11H2,1-2H3/b7-5+. The predicted octanol–water partition coefficient (Wildman–Crippen LogP) is 1.58. The third-order valence-electron chi connectivity index (χ3n) is 2.35. The van der Waals surface area contributed by atoms with E-state index in [-0.39, 0.29) is 12.2 Å². The van der Waals surface area contributed by atoms with Gasteiger partial charge in [-0.2, -0.15) is 13.2 Å². The second-order valence-electron chi connectivity index (χ2n) is 3.92. The van der Waals surface area contributed by atoms with Crippen LogP contribution in [0, 0.1) is 0 Å². The summed E-state index contributed by atoms with van der Waals surface area (Å²) in [5.41, 5.74) is -2.46. The zero-order valence-corrected chi connectivity index (χ0v) is 9.69. The molecule has 0 aliphatic heterocycles. The number of halogens is 3. The molecule has 0 aliphatic rings. The Kier molecular flexibility index (Phi) is 5.26. The largest absolute Gasteiger partial charge is 0.409 e. The van der Waals surface area contributed by atoms with E-state index in [0.717, 1.165) is 0 Å². The van der Waals surface area contributed by atoms with Crippen LogP contribution >= 0.6 is 0 Å². The van der Waals surface area contributed by atoms with Crippen LogP contribution < -0.4 is 0 Å². The zero-order valence-electron chi connectivity index (χ0n) is 9.69. The van der Waals surface area contributed by atoms with Gasteiger partial charge in [0.1, 0.15) is 5.50 Å². The molecule has 0 amide bonds. The Hall–Kier alpha value is -0.775. The van der Waals surface area contributed by atoms with Crippen molar-refractivity contribution in [2.24, 2.45) is 0 Å². The first kappa shape index (κ1) is 15.2. The lowest BCUT2D eigenvalue weighted by Gasteiger charge is -2.27. The van der Waals surface area contributed by atoms with E-state index < -0.39 is 18.1 Å². The minimum atomic E-state index is -4.68. The van der Waals surface area contributed by atoms with Crippen LogP contribution in [-0.4, -0.2) is 30.4 Å². The highest BCUT2D eigenvalue weighted by Gasteiger charge is 2.49. The number of hydrogen-bond acceptors (Lipinski definition) is 2. The molecule has 0 saturated heterocycles. The molecule has 6 heteroatoms. The first-order valence-electron chi connectivity index (χ1n) is 5.15. The van der Waals surface area contributed by atoms with Gasteiger partial charge < -0.3 is 5.11 Å². The Balaban J connectivity index is 4.80. The van der Waals surface area contributed by atoms with Gasteiger partial charge in [-0.1, -0.05) is 19.4 Å². The highest BCUT2D eigenvalue weighted by Crippen LogP contribution is 2.33. The zero-order chi connectivity index (χ0) is 13.0. The first-order chi connectivity index (χ1) is 7.14. The SMILES string of the molecule is BC(O)(C/C(=C/C(=O)CC)CC)C(F)(F)F. The molecule has 1 unspecified atom stereocenters. The second-order valence-corrected chi connectivity index (χ2v) is 3.92. The first-order valence-corrected chi connectivity index (χ1v) is 5.15. The summed E-state index contributed by atoms with van der Waals surface area (Å²) >= 11 is 0. The normalized spacial score (nSPS) is 17.0. The van der Waals surface area contributed by atoms with E-state index in [9.17, 15) is 23.1 Å². The number of carbonyl (C=O) groups excluding carboxylic acids is 1. The maximum absolute atomic E-state index is 12.4. The summed E-state index contributed by atoms with van der Waals surface area (Å²) in [5, 5.41) is 9.26. The fourth-order valence-electron chi connectivity index (χ4n) is 1.15. The van der Waals surface area contributed by atoms with E-state index in [0.29, 0.717) is 19.8 Å². The van der Waals surface area contributed by atoms with Crippen molar-refractivity contribution >= 4 is 13.6 Å². The van der Waals surface area contributed by atoms with Crippen molar-refractivity contribution in [2.45, 2.75) is 44.8 Å². The number of allylic oxidation sites excluding steroid dienone is 1. The lowest BCUT2D eigenvalue weighted by molar-refractivity contribution is -0.223. The maximum Gasteiger partial charge on any atom is 0.409 e. The summed E-state index contributed by atoms with van der Waals surface area (Å²) in [7, 11) is 0.715. The van der Waals surface area contributed by atoms with Crippen LogP contribution in [0.15, 0.2) is 11.6 Å². The van der Waals surface area contributed by atoms with E-state index >= 15 is 0 Å². The maximum atomic E-state index is 12.4. The molecule has 0 aromatic carbocycles. The summed E-state index contributed by atoms with van der Waals surface area (Å²) in [4.78, 5) is 11.1. The Labute approximate surface area is 93.9 Å². The number of alkyl halides is 3. The smallest absolute Gasteiger partial charge is 0.389 e. The van der Waals surface area contributed by atoms with E-state index in [4.69, 9.17) is 0 Å². The van der Waals surface area contributed by atoms with Gasteiger partial charge in [0.2, 0.25) is 0 Å². The average molecular weight is 236 g/mol. The lowest BCUT2D eigenvalue weighted by atomic mass is 9.75. The topological polar surface area (TPSA) is 37.3 Å². The van der Waals surface area contributed by atoms with Crippen molar-refractivity contribution in [3.8, 4) is 0 Å². The molecule has 16 heavy (non-hydrogen) atoms. The summed E-state index contributed by atoms with van der Waals surface area (Å²) in [6.07, 6.45) is -3.48. The summed E-state index contributed by atoms with van der Waals surface area (Å²) in [5.74, 6) is -0.227. The number of hydrogen-bond donors (Lipinski definition) is 1. The average Bonchev–Trinajstić information content (AvgIpc) is 2.14. The van der Waals surface area contributed by atoms with Gasteiger partial charge in [-0.15, -0.1) is 0 Å². The monoisotopic (exact) mass is 236 g/mol. The molecule has 0 bridgehead atoms. The van der Waals surface area contributed by atoms with Gasteiger partial charge in [0, 0.05) is 6.42 Å². The number of aliphatic hydroxyl groups is 1. The highest BCUT2D eigenvalue weighted by atomic mass is 19.4. The van der Waals surface area contributed by atoms with Crippen molar-refractivity contribution in [1.82, 2.24) is 0 Å². The Morgan fingerprint density at radius 2 is 1.81 bits per heavy atom. The molecule has 0 fully saturated rings.